The minimum absolute atomic E-state index is 0. The molecular weight excluding hydrogens is 334 g/mol. The van der Waals surface area contributed by atoms with Crippen LogP contribution in [0.5, 0.6) is 0 Å². The average Bonchev–Trinajstić information content (AvgIpc) is 2.99. The summed E-state index contributed by atoms with van der Waals surface area (Å²) in [6.07, 6.45) is 1.73. The van der Waals surface area contributed by atoms with Crippen LogP contribution >= 0.6 is 12.4 Å². The summed E-state index contributed by atoms with van der Waals surface area (Å²) in [5.41, 5.74) is 13.9. The van der Waals surface area contributed by atoms with Gasteiger partial charge < -0.3 is 16.0 Å². The molecule has 1 fully saturated rings. The van der Waals surface area contributed by atoms with Crippen molar-refractivity contribution in [1.82, 2.24) is 5.32 Å². The zero-order valence-electron chi connectivity index (χ0n) is 14.5. The Bertz CT molecular complexity index is 813. The molecule has 0 atom stereocenters. The van der Waals surface area contributed by atoms with E-state index in [1.165, 1.54) is 22.3 Å². The summed E-state index contributed by atoms with van der Waals surface area (Å²) in [6, 6.07) is 10.7. The molecule has 1 amide bonds. The third-order valence-corrected chi connectivity index (χ3v) is 5.26. The van der Waals surface area contributed by atoms with Gasteiger partial charge in [-0.3, -0.25) is 4.79 Å². The second-order valence-corrected chi connectivity index (χ2v) is 6.56. The molecule has 1 saturated heterocycles. The molecule has 0 bridgehead atoms. The Balaban J connectivity index is 0.00000182. The maximum atomic E-state index is 12.3. The first-order valence-corrected chi connectivity index (χ1v) is 8.73. The molecule has 0 aromatic heterocycles. The summed E-state index contributed by atoms with van der Waals surface area (Å²) < 4.78 is 0. The molecule has 0 unspecified atom stereocenters. The second kappa shape index (κ2) is 7.06. The standard InChI is InChI=1S/C20H23N3O.ClH/c1-2-14-16-11-13-5-3-4-6-15(13)17(16)12-18(19(14)20(21)24)23-9-7-22-8-10-23;/h3-6,12,22H,2,7-11H2,1H3,(H2,21,24);1H. The van der Waals surface area contributed by atoms with Crippen molar-refractivity contribution >= 4 is 24.0 Å². The van der Waals surface area contributed by atoms with Crippen molar-refractivity contribution in [1.29, 1.82) is 0 Å². The van der Waals surface area contributed by atoms with Crippen molar-refractivity contribution in [3.05, 3.63) is 52.6 Å². The lowest BCUT2D eigenvalue weighted by atomic mass is 9.91. The molecule has 0 spiro atoms. The zero-order valence-corrected chi connectivity index (χ0v) is 15.3. The topological polar surface area (TPSA) is 58.4 Å². The predicted octanol–water partition coefficient (Wildman–Crippen LogP) is 2.75. The van der Waals surface area contributed by atoms with Crippen molar-refractivity contribution < 1.29 is 4.79 Å². The van der Waals surface area contributed by atoms with E-state index in [0.29, 0.717) is 0 Å². The lowest BCUT2D eigenvalue weighted by Crippen LogP contribution is -2.44. The van der Waals surface area contributed by atoms with E-state index in [0.717, 1.165) is 55.8 Å². The number of hydrogen-bond donors (Lipinski definition) is 2. The third kappa shape index (κ3) is 2.90. The van der Waals surface area contributed by atoms with E-state index in [1.54, 1.807) is 0 Å². The molecular formula is C20H24ClN3O. The Morgan fingerprint density at radius 1 is 1.20 bits per heavy atom. The largest absolute Gasteiger partial charge is 0.368 e. The first-order valence-electron chi connectivity index (χ1n) is 8.73. The fourth-order valence-corrected chi connectivity index (χ4v) is 4.15. The van der Waals surface area contributed by atoms with Crippen LogP contribution in [0.15, 0.2) is 30.3 Å². The fourth-order valence-electron chi connectivity index (χ4n) is 4.15. The van der Waals surface area contributed by atoms with Gasteiger partial charge in [0.25, 0.3) is 5.91 Å². The minimum atomic E-state index is -0.306. The smallest absolute Gasteiger partial charge is 0.251 e. The zero-order chi connectivity index (χ0) is 16.7. The monoisotopic (exact) mass is 357 g/mol. The number of anilines is 1. The molecule has 1 aliphatic heterocycles. The molecule has 132 valence electrons. The number of halogens is 1. The molecule has 2 aliphatic rings. The van der Waals surface area contributed by atoms with Gasteiger partial charge in [0.2, 0.25) is 0 Å². The van der Waals surface area contributed by atoms with E-state index < -0.39 is 0 Å². The van der Waals surface area contributed by atoms with Gasteiger partial charge in [-0.25, -0.2) is 0 Å². The van der Waals surface area contributed by atoms with Crippen molar-refractivity contribution in [3.8, 4) is 11.1 Å². The quantitative estimate of drug-likeness (QED) is 0.757. The Labute approximate surface area is 154 Å². The molecule has 1 aliphatic carbocycles. The molecule has 4 nitrogen and oxygen atoms in total. The van der Waals surface area contributed by atoms with E-state index in [2.05, 4.69) is 47.5 Å². The lowest BCUT2D eigenvalue weighted by Gasteiger charge is -2.32. The summed E-state index contributed by atoms with van der Waals surface area (Å²) in [5, 5.41) is 3.37. The van der Waals surface area contributed by atoms with Crippen LogP contribution in [0, 0.1) is 0 Å². The highest BCUT2D eigenvalue weighted by Crippen LogP contribution is 2.43. The van der Waals surface area contributed by atoms with Gasteiger partial charge >= 0.3 is 0 Å². The van der Waals surface area contributed by atoms with Crippen LogP contribution in [0.25, 0.3) is 11.1 Å². The number of fused-ring (bicyclic) bond motifs is 3. The number of hydrogen-bond acceptors (Lipinski definition) is 3. The molecule has 4 rings (SSSR count). The molecule has 5 heteroatoms. The van der Waals surface area contributed by atoms with Crippen LogP contribution < -0.4 is 16.0 Å². The molecule has 3 N–H and O–H groups in total. The van der Waals surface area contributed by atoms with Gasteiger partial charge in [0.1, 0.15) is 0 Å². The lowest BCUT2D eigenvalue weighted by molar-refractivity contribution is 0.0999. The number of carbonyl (C=O) groups is 1. The second-order valence-electron chi connectivity index (χ2n) is 6.56. The van der Waals surface area contributed by atoms with Gasteiger partial charge in [-0.1, -0.05) is 31.2 Å². The van der Waals surface area contributed by atoms with Crippen molar-refractivity contribution in [2.24, 2.45) is 5.73 Å². The third-order valence-electron chi connectivity index (χ3n) is 5.26. The van der Waals surface area contributed by atoms with E-state index in [4.69, 9.17) is 5.73 Å². The minimum Gasteiger partial charge on any atom is -0.368 e. The summed E-state index contributed by atoms with van der Waals surface area (Å²) in [7, 11) is 0. The van der Waals surface area contributed by atoms with Gasteiger partial charge in [0.05, 0.1) is 11.3 Å². The van der Waals surface area contributed by atoms with Gasteiger partial charge in [-0.15, -0.1) is 12.4 Å². The highest BCUT2D eigenvalue weighted by Gasteiger charge is 2.28. The Morgan fingerprint density at radius 2 is 1.92 bits per heavy atom. The number of amides is 1. The molecule has 2 aromatic carbocycles. The highest BCUT2D eigenvalue weighted by molar-refractivity contribution is 6.03. The van der Waals surface area contributed by atoms with Gasteiger partial charge in [0.15, 0.2) is 0 Å². The molecule has 25 heavy (non-hydrogen) atoms. The summed E-state index contributed by atoms with van der Waals surface area (Å²) >= 11 is 0. The van der Waals surface area contributed by atoms with Crippen molar-refractivity contribution in [3.63, 3.8) is 0 Å². The number of carbonyl (C=O) groups excluding carboxylic acids is 1. The first-order chi connectivity index (χ1) is 11.7. The first kappa shape index (κ1) is 17.8. The predicted molar refractivity (Wildman–Crippen MR) is 105 cm³/mol. The number of benzene rings is 2. The van der Waals surface area contributed by atoms with Crippen molar-refractivity contribution in [2.75, 3.05) is 31.1 Å². The van der Waals surface area contributed by atoms with Crippen LogP contribution in [0.3, 0.4) is 0 Å². The Morgan fingerprint density at radius 3 is 2.60 bits per heavy atom. The molecule has 2 aromatic rings. The van der Waals surface area contributed by atoms with E-state index in [-0.39, 0.29) is 18.3 Å². The van der Waals surface area contributed by atoms with Crippen LogP contribution in [0.1, 0.15) is 34.0 Å². The van der Waals surface area contributed by atoms with Gasteiger partial charge in [-0.2, -0.15) is 0 Å². The SMILES string of the molecule is CCc1c2c(cc(N3CCNCC3)c1C(N)=O)-c1ccccc1C2.Cl. The Kier molecular flexibility index (Phi) is 5.02. The average molecular weight is 358 g/mol. The Hall–Kier alpha value is -2.04. The van der Waals surface area contributed by atoms with Crippen LogP contribution in [-0.2, 0) is 12.8 Å². The number of nitrogens with one attached hydrogen (secondary N) is 1. The van der Waals surface area contributed by atoms with Crippen LogP contribution in [0.2, 0.25) is 0 Å². The number of piperazine rings is 1. The number of primary amides is 1. The van der Waals surface area contributed by atoms with E-state index in [9.17, 15) is 4.79 Å². The molecule has 0 saturated carbocycles. The van der Waals surface area contributed by atoms with E-state index in [1.807, 2.05) is 0 Å². The fraction of sp³-hybridized carbons (Fsp3) is 0.350. The summed E-state index contributed by atoms with van der Waals surface area (Å²) in [4.78, 5) is 14.6. The number of nitrogens with two attached hydrogens (primary N) is 1. The maximum absolute atomic E-state index is 12.3. The highest BCUT2D eigenvalue weighted by atomic mass is 35.5. The molecule has 1 heterocycles. The summed E-state index contributed by atoms with van der Waals surface area (Å²) in [6.45, 7) is 5.81. The maximum Gasteiger partial charge on any atom is 0.251 e. The van der Waals surface area contributed by atoms with Crippen LogP contribution in [-0.4, -0.2) is 32.1 Å². The summed E-state index contributed by atoms with van der Waals surface area (Å²) in [5.74, 6) is -0.306. The number of nitrogens with zero attached hydrogens (tertiary/aromatic N) is 1. The van der Waals surface area contributed by atoms with Gasteiger partial charge in [-0.05, 0) is 46.7 Å². The van der Waals surface area contributed by atoms with E-state index >= 15 is 0 Å². The number of rotatable bonds is 3. The van der Waals surface area contributed by atoms with Crippen molar-refractivity contribution in [2.45, 2.75) is 19.8 Å². The van der Waals surface area contributed by atoms with Gasteiger partial charge in [0, 0.05) is 26.2 Å². The van der Waals surface area contributed by atoms with Crippen LogP contribution in [0.4, 0.5) is 5.69 Å². The molecule has 0 radical (unpaired) electrons. The normalized spacial score (nSPS) is 15.3.